The molecule has 5 nitrogen and oxygen atoms in total. The molecule has 152 valence electrons. The Kier molecular flexibility index (Phi) is 6.14. The first-order valence-corrected chi connectivity index (χ1v) is 9.91. The van der Waals surface area contributed by atoms with Gasteiger partial charge in [-0.25, -0.2) is 9.97 Å². The van der Waals surface area contributed by atoms with Crippen LogP contribution in [0.3, 0.4) is 0 Å². The van der Waals surface area contributed by atoms with E-state index in [0.717, 1.165) is 22.4 Å². The quantitative estimate of drug-likeness (QED) is 0.461. The van der Waals surface area contributed by atoms with Gasteiger partial charge in [0.1, 0.15) is 11.4 Å². The zero-order valence-corrected chi connectivity index (χ0v) is 16.8. The molecule has 1 heterocycles. The highest BCUT2D eigenvalue weighted by molar-refractivity contribution is 5.93. The number of nitrogens with zero attached hydrogens (tertiary/aromatic N) is 2. The second kappa shape index (κ2) is 9.50. The highest BCUT2D eigenvalue weighted by Gasteiger charge is 2.11. The number of carbonyl (C=O) groups excluding carboxylic acids is 1. The van der Waals surface area contributed by atoms with Gasteiger partial charge < -0.3 is 10.4 Å². The van der Waals surface area contributed by atoms with Crippen molar-refractivity contribution in [2.24, 2.45) is 0 Å². The monoisotopic (exact) mass is 407 g/mol. The molecule has 0 fully saturated rings. The van der Waals surface area contributed by atoms with Crippen LogP contribution in [0.25, 0.3) is 23.4 Å². The van der Waals surface area contributed by atoms with Crippen molar-refractivity contribution >= 4 is 23.9 Å². The van der Waals surface area contributed by atoms with Gasteiger partial charge in [0.2, 0.25) is 5.91 Å². The largest absolute Gasteiger partial charge is 0.508 e. The Bertz CT molecular complexity index is 1190. The molecule has 2 N–H and O–H groups in total. The Morgan fingerprint density at radius 2 is 1.55 bits per heavy atom. The molecule has 0 atom stereocenters. The van der Waals surface area contributed by atoms with Gasteiger partial charge in [0.15, 0.2) is 5.82 Å². The number of amides is 1. The van der Waals surface area contributed by atoms with Gasteiger partial charge >= 0.3 is 0 Å². The first-order valence-electron chi connectivity index (χ1n) is 9.91. The summed E-state index contributed by atoms with van der Waals surface area (Å²) in [5.41, 5.74) is 4.07. The highest BCUT2D eigenvalue weighted by Crippen LogP contribution is 2.21. The summed E-state index contributed by atoms with van der Waals surface area (Å²) < 4.78 is 0. The minimum Gasteiger partial charge on any atom is -0.508 e. The van der Waals surface area contributed by atoms with Gasteiger partial charge in [-0.2, -0.15) is 0 Å². The number of benzene rings is 3. The lowest BCUT2D eigenvalue weighted by Crippen LogP contribution is -2.16. The van der Waals surface area contributed by atoms with Crippen LogP contribution in [0.4, 0.5) is 5.82 Å². The van der Waals surface area contributed by atoms with Crippen molar-refractivity contribution < 1.29 is 9.90 Å². The molecule has 0 saturated heterocycles. The fourth-order valence-electron chi connectivity index (χ4n) is 3.08. The molecule has 1 aromatic heterocycles. The Labute approximate surface area is 180 Å². The van der Waals surface area contributed by atoms with E-state index in [1.807, 2.05) is 72.8 Å². The van der Waals surface area contributed by atoms with E-state index in [9.17, 15) is 9.90 Å². The van der Waals surface area contributed by atoms with Crippen LogP contribution in [0, 0.1) is 0 Å². The van der Waals surface area contributed by atoms with Crippen LogP contribution in [0.15, 0.2) is 91.1 Å². The summed E-state index contributed by atoms with van der Waals surface area (Å²) >= 11 is 0. The Morgan fingerprint density at radius 1 is 0.871 bits per heavy atom. The second-order valence-corrected chi connectivity index (χ2v) is 6.99. The van der Waals surface area contributed by atoms with Crippen LogP contribution in [0.5, 0.6) is 5.75 Å². The third-order valence-corrected chi connectivity index (χ3v) is 4.66. The smallest absolute Gasteiger partial charge is 0.230 e. The van der Waals surface area contributed by atoms with Crippen LogP contribution in [-0.4, -0.2) is 21.0 Å². The Morgan fingerprint density at radius 3 is 2.26 bits per heavy atom. The van der Waals surface area contributed by atoms with E-state index in [1.54, 1.807) is 30.5 Å². The summed E-state index contributed by atoms with van der Waals surface area (Å²) in [4.78, 5) is 21.8. The first kappa shape index (κ1) is 20.0. The zero-order chi connectivity index (χ0) is 21.5. The number of hydrogen-bond acceptors (Lipinski definition) is 4. The summed E-state index contributed by atoms with van der Waals surface area (Å²) in [5.74, 6) is 0.359. The standard InChI is InChI=1S/C26H21N3O2/c30-22-14-11-20(12-15-22)17-25(31)29-26-23(16-13-19-7-3-1-4-8-19)28-24(18-27-26)21-9-5-2-6-10-21/h1-16,18,30H,17H2,(H,27,29,31)/b16-13+. The first-order chi connectivity index (χ1) is 15.2. The molecule has 0 aliphatic carbocycles. The van der Waals surface area contributed by atoms with Gasteiger partial charge in [0.05, 0.1) is 18.3 Å². The zero-order valence-electron chi connectivity index (χ0n) is 16.8. The maximum absolute atomic E-state index is 12.6. The normalized spacial score (nSPS) is 10.8. The van der Waals surface area contributed by atoms with E-state index in [1.165, 1.54) is 0 Å². The molecule has 0 bridgehead atoms. The molecular weight excluding hydrogens is 386 g/mol. The van der Waals surface area contributed by atoms with E-state index in [2.05, 4.69) is 10.3 Å². The number of phenolic OH excluding ortho intramolecular Hbond substituents is 1. The number of anilines is 1. The molecule has 4 aromatic rings. The number of hydrogen-bond donors (Lipinski definition) is 2. The molecule has 0 saturated carbocycles. The van der Waals surface area contributed by atoms with Crippen molar-refractivity contribution in [1.29, 1.82) is 0 Å². The van der Waals surface area contributed by atoms with Gasteiger partial charge in [-0.1, -0.05) is 78.9 Å². The topological polar surface area (TPSA) is 75.1 Å². The highest BCUT2D eigenvalue weighted by atomic mass is 16.3. The number of carbonyl (C=O) groups is 1. The van der Waals surface area contributed by atoms with Crippen LogP contribution in [-0.2, 0) is 11.2 Å². The number of aromatic hydroxyl groups is 1. The van der Waals surface area contributed by atoms with Gasteiger partial charge in [-0.3, -0.25) is 4.79 Å². The lowest BCUT2D eigenvalue weighted by Gasteiger charge is -2.10. The van der Waals surface area contributed by atoms with Crippen LogP contribution in [0.2, 0.25) is 0 Å². The predicted molar refractivity (Wildman–Crippen MR) is 123 cm³/mol. The molecule has 3 aromatic carbocycles. The molecule has 0 aliphatic rings. The molecule has 0 unspecified atom stereocenters. The average Bonchev–Trinajstić information content (AvgIpc) is 2.81. The molecule has 5 heteroatoms. The van der Waals surface area contributed by atoms with E-state index in [-0.39, 0.29) is 18.1 Å². The average molecular weight is 407 g/mol. The van der Waals surface area contributed by atoms with Crippen molar-refractivity contribution in [1.82, 2.24) is 9.97 Å². The number of phenols is 1. The van der Waals surface area contributed by atoms with Crippen LogP contribution < -0.4 is 5.32 Å². The lowest BCUT2D eigenvalue weighted by molar-refractivity contribution is -0.115. The fourth-order valence-corrected chi connectivity index (χ4v) is 3.08. The fraction of sp³-hybridized carbons (Fsp3) is 0.0385. The summed E-state index contributed by atoms with van der Waals surface area (Å²) in [6.07, 6.45) is 5.62. The van der Waals surface area contributed by atoms with E-state index in [4.69, 9.17) is 4.98 Å². The number of aromatic nitrogens is 2. The van der Waals surface area contributed by atoms with Crippen molar-refractivity contribution in [2.75, 3.05) is 5.32 Å². The van der Waals surface area contributed by atoms with Crippen molar-refractivity contribution in [3.05, 3.63) is 108 Å². The minimum absolute atomic E-state index is 0.167. The third kappa shape index (κ3) is 5.42. The summed E-state index contributed by atoms with van der Waals surface area (Å²) in [6.45, 7) is 0. The second-order valence-electron chi connectivity index (χ2n) is 6.99. The molecule has 4 rings (SSSR count). The molecule has 0 aliphatic heterocycles. The Hall–Kier alpha value is -4.25. The molecular formula is C26H21N3O2. The summed E-state index contributed by atoms with van der Waals surface area (Å²) in [6, 6.07) is 26.2. The number of nitrogens with one attached hydrogen (secondary N) is 1. The third-order valence-electron chi connectivity index (χ3n) is 4.66. The van der Waals surface area contributed by atoms with Gasteiger partial charge in [-0.05, 0) is 29.3 Å². The van der Waals surface area contributed by atoms with E-state index >= 15 is 0 Å². The number of rotatable bonds is 6. The van der Waals surface area contributed by atoms with Crippen molar-refractivity contribution in [3.63, 3.8) is 0 Å². The maximum atomic E-state index is 12.6. The predicted octanol–water partition coefficient (Wildman–Crippen LogP) is 5.20. The van der Waals surface area contributed by atoms with Gasteiger partial charge in [-0.15, -0.1) is 0 Å². The molecule has 0 spiro atoms. The SMILES string of the molecule is O=C(Cc1ccc(O)cc1)Nc1ncc(-c2ccccc2)nc1/C=C/c1ccccc1. The maximum Gasteiger partial charge on any atom is 0.230 e. The van der Waals surface area contributed by atoms with Gasteiger partial charge in [0, 0.05) is 5.56 Å². The van der Waals surface area contributed by atoms with Gasteiger partial charge in [0.25, 0.3) is 0 Å². The van der Waals surface area contributed by atoms with Crippen LogP contribution in [0.1, 0.15) is 16.8 Å². The summed E-state index contributed by atoms with van der Waals surface area (Å²) in [7, 11) is 0. The summed E-state index contributed by atoms with van der Waals surface area (Å²) in [5, 5.41) is 12.3. The van der Waals surface area contributed by atoms with Crippen LogP contribution >= 0.6 is 0 Å². The Balaban J connectivity index is 1.61. The lowest BCUT2D eigenvalue weighted by atomic mass is 10.1. The van der Waals surface area contributed by atoms with E-state index in [0.29, 0.717) is 11.5 Å². The molecule has 0 radical (unpaired) electrons. The molecule has 31 heavy (non-hydrogen) atoms. The molecule has 1 amide bonds. The van der Waals surface area contributed by atoms with Crippen molar-refractivity contribution in [3.8, 4) is 17.0 Å². The van der Waals surface area contributed by atoms with Crippen molar-refractivity contribution in [2.45, 2.75) is 6.42 Å². The minimum atomic E-state index is -0.207. The van der Waals surface area contributed by atoms with E-state index < -0.39 is 0 Å².